The first-order valence-corrected chi connectivity index (χ1v) is 11.0. The molecule has 2 amide bonds. The van der Waals surface area contributed by atoms with E-state index in [9.17, 15) is 27.6 Å². The van der Waals surface area contributed by atoms with Gasteiger partial charge in [-0.25, -0.2) is 0 Å². The Hall–Kier alpha value is -2.68. The number of carbonyl (C=O) groups excluding carboxylic acids is 3. The molecule has 0 unspecified atom stereocenters. The van der Waals surface area contributed by atoms with Crippen LogP contribution < -0.4 is 5.32 Å². The quantitative estimate of drug-likeness (QED) is 0.738. The zero-order chi connectivity index (χ0) is 24.2. The van der Waals surface area contributed by atoms with Crippen molar-refractivity contribution in [2.75, 3.05) is 13.2 Å². The van der Waals surface area contributed by atoms with Gasteiger partial charge in [-0.3, -0.25) is 14.4 Å². The van der Waals surface area contributed by atoms with E-state index in [0.717, 1.165) is 11.3 Å². The summed E-state index contributed by atoms with van der Waals surface area (Å²) in [6.45, 7) is 5.54. The number of nitrogens with zero attached hydrogens (tertiary/aromatic N) is 1. The molecular formula is C24H27F3N2O4. The largest absolute Gasteiger partial charge is 0.425 e. The fraction of sp³-hybridized carbons (Fsp3) is 0.542. The van der Waals surface area contributed by atoms with Gasteiger partial charge in [0, 0.05) is 24.3 Å². The lowest BCUT2D eigenvalue weighted by molar-refractivity contribution is -0.191. The number of alkyl halides is 3. The highest BCUT2D eigenvalue weighted by Gasteiger charge is 2.71. The smallest absolute Gasteiger partial charge is 0.376 e. The van der Waals surface area contributed by atoms with Crippen molar-refractivity contribution in [3.8, 4) is 0 Å². The van der Waals surface area contributed by atoms with Gasteiger partial charge in [0.1, 0.15) is 0 Å². The molecule has 3 aliphatic rings. The maximum atomic E-state index is 14.8. The summed E-state index contributed by atoms with van der Waals surface area (Å²) in [5, 5.41) is 1.98. The van der Waals surface area contributed by atoms with E-state index in [0.29, 0.717) is 18.6 Å². The summed E-state index contributed by atoms with van der Waals surface area (Å²) < 4.78 is 49.9. The Morgan fingerprint density at radius 3 is 2.52 bits per heavy atom. The topological polar surface area (TPSA) is 75.7 Å². The van der Waals surface area contributed by atoms with Crippen molar-refractivity contribution in [2.45, 2.75) is 64.3 Å². The minimum absolute atomic E-state index is 0.0113. The molecule has 1 N–H and O–H groups in total. The number of hydrogen-bond acceptors (Lipinski definition) is 4. The van der Waals surface area contributed by atoms with Gasteiger partial charge < -0.3 is 15.0 Å². The first-order valence-electron chi connectivity index (χ1n) is 11.0. The SMILES string of the molecule is Cc1ccccc1C(=O)N[C@]1(C(F)(F)F)C(=O)N(C[C@@H]2CCCO2)C2=C1C(=O)CC(C)(C)C2. The molecule has 33 heavy (non-hydrogen) atoms. The van der Waals surface area contributed by atoms with E-state index in [1.165, 1.54) is 12.1 Å². The van der Waals surface area contributed by atoms with Gasteiger partial charge in [-0.05, 0) is 43.2 Å². The standard InChI is InChI=1S/C24H27F3N2O4/c1-14-7-4-5-9-16(14)20(31)28-23(24(25,26)27)19-17(11-22(2,3)12-18(19)30)29(21(23)32)13-15-8-6-10-33-15/h4-5,7,9,15H,6,8,10-13H2,1-3H3,(H,28,31)/t15-,23-/m0/s1. The van der Waals surface area contributed by atoms with E-state index in [1.807, 2.05) is 5.32 Å². The maximum absolute atomic E-state index is 14.8. The zero-order valence-electron chi connectivity index (χ0n) is 18.8. The molecule has 6 nitrogen and oxygen atoms in total. The van der Waals surface area contributed by atoms with E-state index in [-0.39, 0.29) is 30.6 Å². The molecule has 2 atom stereocenters. The minimum atomic E-state index is -5.22. The van der Waals surface area contributed by atoms with Crippen LogP contribution in [0.4, 0.5) is 13.2 Å². The van der Waals surface area contributed by atoms with Gasteiger partial charge in [0.05, 0.1) is 18.2 Å². The maximum Gasteiger partial charge on any atom is 0.425 e. The predicted octanol–water partition coefficient (Wildman–Crippen LogP) is 3.69. The van der Waals surface area contributed by atoms with E-state index in [4.69, 9.17) is 4.74 Å². The molecule has 1 aromatic rings. The summed E-state index contributed by atoms with van der Waals surface area (Å²) in [6, 6.07) is 6.16. The molecule has 4 rings (SSSR count). The molecule has 1 aromatic carbocycles. The highest BCUT2D eigenvalue weighted by Crippen LogP contribution is 2.52. The van der Waals surface area contributed by atoms with Gasteiger partial charge in [0.2, 0.25) is 5.54 Å². The lowest BCUT2D eigenvalue weighted by Crippen LogP contribution is -2.66. The summed E-state index contributed by atoms with van der Waals surface area (Å²) in [5.74, 6) is -3.17. The number of ketones is 1. The number of ether oxygens (including phenoxy) is 1. The van der Waals surface area contributed by atoms with Crippen molar-refractivity contribution in [3.05, 3.63) is 46.7 Å². The van der Waals surface area contributed by atoms with Crippen molar-refractivity contribution < 1.29 is 32.3 Å². The second kappa shape index (κ2) is 7.97. The molecule has 0 bridgehead atoms. The third-order valence-electron chi connectivity index (χ3n) is 6.65. The third-order valence-corrected chi connectivity index (χ3v) is 6.65. The number of carbonyl (C=O) groups is 3. The van der Waals surface area contributed by atoms with Gasteiger partial charge in [0.25, 0.3) is 11.8 Å². The first-order chi connectivity index (χ1) is 15.4. The molecule has 0 aromatic heterocycles. The van der Waals surface area contributed by atoms with Gasteiger partial charge in [0.15, 0.2) is 5.78 Å². The van der Waals surface area contributed by atoms with E-state index < -0.39 is 46.4 Å². The Morgan fingerprint density at radius 1 is 1.21 bits per heavy atom. The highest BCUT2D eigenvalue weighted by molar-refractivity contribution is 6.14. The molecule has 178 valence electrons. The molecule has 2 heterocycles. The van der Waals surface area contributed by atoms with Crippen molar-refractivity contribution in [1.82, 2.24) is 10.2 Å². The van der Waals surface area contributed by atoms with Gasteiger partial charge in [-0.15, -0.1) is 0 Å². The van der Waals surface area contributed by atoms with E-state index in [1.54, 1.807) is 32.9 Å². The summed E-state index contributed by atoms with van der Waals surface area (Å²) in [5.41, 5.74) is -4.18. The number of Topliss-reactive ketones (excluding diaryl/α,β-unsaturated/α-hetero) is 1. The summed E-state index contributed by atoms with van der Waals surface area (Å²) in [7, 11) is 0. The Labute approximate surface area is 190 Å². The number of rotatable bonds is 4. The molecule has 2 aliphatic heterocycles. The van der Waals surface area contributed by atoms with Crippen LogP contribution in [0.15, 0.2) is 35.5 Å². The van der Waals surface area contributed by atoms with Crippen LogP contribution in [-0.2, 0) is 14.3 Å². The van der Waals surface area contributed by atoms with Crippen molar-refractivity contribution in [1.29, 1.82) is 0 Å². The molecule has 9 heteroatoms. The second-order valence-electron chi connectivity index (χ2n) is 9.83. The first kappa shape index (κ1) is 23.5. The number of halogens is 3. The van der Waals surface area contributed by atoms with Crippen LogP contribution >= 0.6 is 0 Å². The van der Waals surface area contributed by atoms with Gasteiger partial charge >= 0.3 is 6.18 Å². The molecule has 0 saturated carbocycles. The van der Waals surface area contributed by atoms with Gasteiger partial charge in [-0.2, -0.15) is 13.2 Å². The molecule has 1 saturated heterocycles. The van der Waals surface area contributed by atoms with Crippen molar-refractivity contribution >= 4 is 17.6 Å². The number of hydrogen-bond donors (Lipinski definition) is 1. The molecule has 1 aliphatic carbocycles. The summed E-state index contributed by atoms with van der Waals surface area (Å²) >= 11 is 0. The minimum Gasteiger partial charge on any atom is -0.376 e. The molecule has 0 radical (unpaired) electrons. The number of amides is 2. The zero-order valence-corrected chi connectivity index (χ0v) is 18.8. The summed E-state index contributed by atoms with van der Waals surface area (Å²) in [6.07, 6.45) is -4.31. The molecular weight excluding hydrogens is 437 g/mol. The predicted molar refractivity (Wildman–Crippen MR) is 113 cm³/mol. The van der Waals surface area contributed by atoms with Crippen LogP contribution in [0.1, 0.15) is 55.5 Å². The molecule has 1 fully saturated rings. The van der Waals surface area contributed by atoms with Crippen molar-refractivity contribution in [2.24, 2.45) is 5.41 Å². The van der Waals surface area contributed by atoms with Crippen LogP contribution in [0.3, 0.4) is 0 Å². The average Bonchev–Trinajstić information content (AvgIpc) is 3.28. The normalized spacial score (nSPS) is 27.2. The van der Waals surface area contributed by atoms with E-state index in [2.05, 4.69) is 0 Å². The van der Waals surface area contributed by atoms with Crippen LogP contribution in [-0.4, -0.2) is 53.5 Å². The third kappa shape index (κ3) is 3.86. The number of allylic oxidation sites excluding steroid dienone is 1. The Balaban J connectivity index is 1.85. The van der Waals surface area contributed by atoms with Crippen molar-refractivity contribution in [3.63, 3.8) is 0 Å². The highest BCUT2D eigenvalue weighted by atomic mass is 19.4. The Morgan fingerprint density at radius 2 is 1.91 bits per heavy atom. The van der Waals surface area contributed by atoms with Crippen LogP contribution in [0.2, 0.25) is 0 Å². The number of benzene rings is 1. The summed E-state index contributed by atoms with van der Waals surface area (Å²) in [4.78, 5) is 40.8. The Bertz CT molecular complexity index is 1040. The van der Waals surface area contributed by atoms with Crippen LogP contribution in [0, 0.1) is 12.3 Å². The second-order valence-corrected chi connectivity index (χ2v) is 9.83. The lowest BCUT2D eigenvalue weighted by Gasteiger charge is -2.35. The van der Waals surface area contributed by atoms with Crippen LogP contribution in [0.25, 0.3) is 0 Å². The van der Waals surface area contributed by atoms with E-state index >= 15 is 0 Å². The fourth-order valence-corrected chi connectivity index (χ4v) is 5.08. The number of nitrogens with one attached hydrogen (secondary N) is 1. The Kier molecular flexibility index (Phi) is 5.67. The molecule has 0 spiro atoms. The van der Waals surface area contributed by atoms with Crippen LogP contribution in [0.5, 0.6) is 0 Å². The number of aryl methyl sites for hydroxylation is 1. The monoisotopic (exact) mass is 464 g/mol. The van der Waals surface area contributed by atoms with Gasteiger partial charge in [-0.1, -0.05) is 32.0 Å². The fourth-order valence-electron chi connectivity index (χ4n) is 5.08. The lowest BCUT2D eigenvalue weighted by atomic mass is 9.72. The average molecular weight is 464 g/mol.